The largest absolute Gasteiger partial charge is 0.496 e. The van der Waals surface area contributed by atoms with Crippen LogP contribution in [0.5, 0.6) is 17.4 Å². The number of carbonyl (C=O) groups is 4. The van der Waals surface area contributed by atoms with Crippen molar-refractivity contribution in [3.63, 3.8) is 0 Å². The molecule has 20 heteroatoms. The van der Waals surface area contributed by atoms with Crippen molar-refractivity contribution in [2.24, 2.45) is 13.0 Å². The van der Waals surface area contributed by atoms with E-state index in [0.29, 0.717) is 48.8 Å². The number of allylic oxidation sites excluding steroid dienone is 1. The van der Waals surface area contributed by atoms with Crippen LogP contribution in [-0.2, 0) is 31.5 Å². The third kappa shape index (κ3) is 8.88. The molecule has 0 spiro atoms. The van der Waals surface area contributed by atoms with E-state index in [1.165, 1.54) is 28.8 Å². The summed E-state index contributed by atoms with van der Waals surface area (Å²) in [7, 11) is -0.998. The van der Waals surface area contributed by atoms with Crippen molar-refractivity contribution in [1.82, 2.24) is 35.0 Å². The highest BCUT2D eigenvalue weighted by Gasteiger charge is 2.63. The van der Waals surface area contributed by atoms with Gasteiger partial charge in [0.1, 0.15) is 40.9 Å². The molecule has 2 saturated carbocycles. The first-order valence-electron chi connectivity index (χ1n) is 19.8. The predicted molar refractivity (Wildman–Crippen MR) is 209 cm³/mol. The normalized spacial score (nSPS) is 26.1. The molecule has 2 aliphatic carbocycles. The molecule has 324 valence electrons. The maximum Gasteiger partial charge on any atom is 0.422 e. The number of fused-ring (bicyclic) bond motifs is 3. The fourth-order valence-electron chi connectivity index (χ4n) is 7.80. The minimum atomic E-state index is -4.67. The molecule has 3 fully saturated rings. The molecule has 1 saturated heterocycles. The number of pyridine rings is 1. The van der Waals surface area contributed by atoms with Crippen LogP contribution in [-0.4, -0.2) is 107 Å². The van der Waals surface area contributed by atoms with E-state index in [1.54, 1.807) is 45.3 Å². The average molecular weight is 860 g/mol. The Morgan fingerprint density at radius 3 is 2.55 bits per heavy atom. The van der Waals surface area contributed by atoms with Gasteiger partial charge >= 0.3 is 6.18 Å². The molecular weight excluding hydrogens is 812 g/mol. The molecule has 60 heavy (non-hydrogen) atoms. The van der Waals surface area contributed by atoms with Gasteiger partial charge in [0, 0.05) is 42.6 Å². The minimum Gasteiger partial charge on any atom is -0.496 e. The number of hydrogen-bond acceptors (Lipinski definition) is 11. The molecule has 0 unspecified atom stereocenters. The quantitative estimate of drug-likeness (QED) is 0.251. The van der Waals surface area contributed by atoms with E-state index in [9.17, 15) is 40.8 Å². The van der Waals surface area contributed by atoms with Gasteiger partial charge in [0.2, 0.25) is 27.7 Å². The van der Waals surface area contributed by atoms with Crippen molar-refractivity contribution < 1.29 is 55.0 Å². The summed E-state index contributed by atoms with van der Waals surface area (Å²) < 4.78 is 85.6. The van der Waals surface area contributed by atoms with Gasteiger partial charge < -0.3 is 29.7 Å². The molecule has 16 nitrogen and oxygen atoms in total. The molecule has 1 aromatic carbocycles. The molecule has 5 atom stereocenters. The smallest absolute Gasteiger partial charge is 0.422 e. The Balaban J connectivity index is 1.23. The van der Waals surface area contributed by atoms with E-state index in [0.717, 1.165) is 6.42 Å². The number of carbonyl (C=O) groups excluding carboxylic acids is 4. The second-order valence-electron chi connectivity index (χ2n) is 16.3. The van der Waals surface area contributed by atoms with Crippen LogP contribution in [0.3, 0.4) is 0 Å². The maximum atomic E-state index is 14.7. The highest BCUT2D eigenvalue weighted by Crippen LogP contribution is 2.48. The monoisotopic (exact) mass is 859 g/mol. The number of amides is 4. The lowest BCUT2D eigenvalue weighted by Crippen LogP contribution is -2.58. The Bertz CT molecular complexity index is 2330. The van der Waals surface area contributed by atoms with Gasteiger partial charge in [-0.15, -0.1) is 0 Å². The Hall–Kier alpha value is -5.40. The van der Waals surface area contributed by atoms with Crippen molar-refractivity contribution in [3.05, 3.63) is 53.9 Å². The van der Waals surface area contributed by atoms with Crippen molar-refractivity contribution in [2.75, 3.05) is 20.3 Å². The van der Waals surface area contributed by atoms with Crippen molar-refractivity contribution in [2.45, 2.75) is 106 Å². The van der Waals surface area contributed by atoms with Crippen molar-refractivity contribution in [1.29, 1.82) is 0 Å². The molecule has 3 aromatic rings. The van der Waals surface area contributed by atoms with Crippen LogP contribution in [0.1, 0.15) is 80.8 Å². The zero-order valence-electron chi connectivity index (χ0n) is 33.6. The van der Waals surface area contributed by atoms with Crippen LogP contribution >= 0.6 is 0 Å². The molecule has 2 aliphatic heterocycles. The molecular formula is C40H48F3N7O9S. The SMILES string of the molecule is COc1ccc2c(O[C@@H]3C[C@H]4C(=O)N[C@]5(C(=O)NS(=O)(=O)C6(C)CC6)C[C@H]5/C=C\CCCCC[C@H](NC(=O)c5ccn(C)n5)C(=O)N4C3)cc(OCC(F)(F)F)nc2c1C. The van der Waals surface area contributed by atoms with Crippen LogP contribution in [0.2, 0.25) is 0 Å². The van der Waals surface area contributed by atoms with Crippen LogP contribution in [0, 0.1) is 12.8 Å². The number of nitrogens with one attached hydrogen (secondary N) is 3. The number of aromatic nitrogens is 3. The number of halogens is 3. The second kappa shape index (κ2) is 16.2. The Labute approximate surface area is 344 Å². The number of hydrogen-bond donors (Lipinski definition) is 3. The molecule has 7 rings (SSSR count). The average Bonchev–Trinajstić information content (AvgIpc) is 3.99. The number of methoxy groups -OCH3 is 1. The lowest BCUT2D eigenvalue weighted by atomic mass is 10.0. The van der Waals surface area contributed by atoms with Gasteiger partial charge in [-0.1, -0.05) is 25.0 Å². The van der Waals surface area contributed by atoms with E-state index in [-0.39, 0.29) is 48.6 Å². The predicted octanol–water partition coefficient (Wildman–Crippen LogP) is 3.77. The molecule has 3 N–H and O–H groups in total. The van der Waals surface area contributed by atoms with Crippen LogP contribution < -0.4 is 29.6 Å². The van der Waals surface area contributed by atoms with Gasteiger partial charge in [-0.2, -0.15) is 18.3 Å². The van der Waals surface area contributed by atoms with Gasteiger partial charge in [0.15, 0.2) is 6.61 Å². The standard InChI is InChI=1S/C40H48F3N7O9S/c1-23-30(57-4)13-12-26-31(19-32(45-33(23)26)58-22-40(41,42)43)59-25-18-29-35(52)46-39(37(54)48-60(55,56)38(2)15-16-38)20-24(39)10-8-6-5-7-9-11-28(36(53)50(29)21-25)44-34(51)27-14-17-49(3)47-27/h8,10,12-14,17,19,24-25,28-29H,5-7,9,11,15-16,18,20-22H2,1-4H3,(H,44,51)(H,46,52)(H,48,54)/b10-8-/t24-,25-,28+,29+,39-/m1/s1. The number of ether oxygens (including phenoxy) is 3. The van der Waals surface area contributed by atoms with Crippen molar-refractivity contribution in [3.8, 4) is 17.4 Å². The van der Waals surface area contributed by atoms with Crippen LogP contribution in [0.15, 0.2) is 42.6 Å². The van der Waals surface area contributed by atoms with E-state index < -0.39 is 80.8 Å². The Kier molecular flexibility index (Phi) is 11.6. The van der Waals surface area contributed by atoms with Crippen LogP contribution in [0.25, 0.3) is 10.9 Å². The molecule has 4 heterocycles. The fraction of sp³-hybridized carbons (Fsp3) is 0.550. The third-order valence-corrected chi connectivity index (χ3v) is 13.9. The van der Waals surface area contributed by atoms with Crippen molar-refractivity contribution >= 4 is 44.6 Å². The van der Waals surface area contributed by atoms with E-state index in [4.69, 9.17) is 14.2 Å². The highest BCUT2D eigenvalue weighted by molar-refractivity contribution is 7.91. The molecule has 4 aliphatic rings. The summed E-state index contributed by atoms with van der Waals surface area (Å²) in [5.74, 6) is -3.30. The van der Waals surface area contributed by atoms with E-state index in [2.05, 4.69) is 25.4 Å². The number of sulfonamides is 1. The minimum absolute atomic E-state index is 0.0607. The molecule has 4 amide bonds. The summed E-state index contributed by atoms with van der Waals surface area (Å²) in [5.41, 5.74) is -0.828. The molecule has 0 radical (unpaired) electrons. The summed E-state index contributed by atoms with van der Waals surface area (Å²) in [5, 5.41) is 10.2. The topological polar surface area (TPSA) is 200 Å². The zero-order chi connectivity index (χ0) is 43.2. The molecule has 0 bridgehead atoms. The summed E-state index contributed by atoms with van der Waals surface area (Å²) in [6.07, 6.45) is 3.18. The maximum absolute atomic E-state index is 14.7. The van der Waals surface area contributed by atoms with E-state index >= 15 is 0 Å². The lowest BCUT2D eigenvalue weighted by molar-refractivity contribution is -0.154. The van der Waals surface area contributed by atoms with Gasteiger partial charge in [-0.05, 0) is 70.6 Å². The number of aryl methyl sites for hydroxylation is 2. The molecule has 2 aromatic heterocycles. The highest BCUT2D eigenvalue weighted by atomic mass is 32.2. The Morgan fingerprint density at radius 2 is 1.87 bits per heavy atom. The number of rotatable bonds is 10. The summed E-state index contributed by atoms with van der Waals surface area (Å²) >= 11 is 0. The fourth-order valence-corrected chi connectivity index (χ4v) is 9.11. The summed E-state index contributed by atoms with van der Waals surface area (Å²) in [6.45, 7) is 1.38. The van der Waals surface area contributed by atoms with Gasteiger partial charge in [-0.25, -0.2) is 13.4 Å². The summed E-state index contributed by atoms with van der Waals surface area (Å²) in [4.78, 5) is 62.1. The van der Waals surface area contributed by atoms with E-state index in [1.807, 2.05) is 6.08 Å². The first kappa shape index (κ1) is 42.7. The second-order valence-corrected chi connectivity index (χ2v) is 18.5. The lowest BCUT2D eigenvalue weighted by Gasteiger charge is -2.30. The first-order valence-corrected chi connectivity index (χ1v) is 21.3. The zero-order valence-corrected chi connectivity index (χ0v) is 34.5. The van der Waals surface area contributed by atoms with Gasteiger partial charge in [-0.3, -0.25) is 28.6 Å². The number of benzene rings is 1. The number of alkyl halides is 3. The number of nitrogens with zero attached hydrogens (tertiary/aromatic N) is 4. The third-order valence-electron chi connectivity index (χ3n) is 11.7. The Morgan fingerprint density at radius 1 is 1.10 bits per heavy atom. The van der Waals surface area contributed by atoms with Crippen LogP contribution in [0.4, 0.5) is 13.2 Å². The van der Waals surface area contributed by atoms with Gasteiger partial charge in [0.05, 0.1) is 23.9 Å². The summed E-state index contributed by atoms with van der Waals surface area (Å²) in [6, 6.07) is 3.56. The first-order chi connectivity index (χ1) is 28.3. The van der Waals surface area contributed by atoms with Gasteiger partial charge in [0.25, 0.3) is 11.8 Å².